The van der Waals surface area contributed by atoms with Gasteiger partial charge in [-0.2, -0.15) is 5.10 Å². The number of rotatable bonds is 5. The van der Waals surface area contributed by atoms with Crippen molar-refractivity contribution in [2.24, 2.45) is 7.05 Å². The van der Waals surface area contributed by atoms with E-state index >= 15 is 0 Å². The van der Waals surface area contributed by atoms with E-state index in [2.05, 4.69) is 21.6 Å². The van der Waals surface area contributed by atoms with Crippen LogP contribution in [0.5, 0.6) is 11.6 Å². The molecular formula is C21H18ClFN4O2. The summed E-state index contributed by atoms with van der Waals surface area (Å²) >= 11 is 6.24. The first-order chi connectivity index (χ1) is 14.0. The van der Waals surface area contributed by atoms with Gasteiger partial charge in [-0.15, -0.1) is 0 Å². The summed E-state index contributed by atoms with van der Waals surface area (Å²) in [6, 6.07) is 4.75. The molecule has 1 N–H and O–H groups in total. The van der Waals surface area contributed by atoms with Gasteiger partial charge in [0.05, 0.1) is 31.0 Å². The number of aromatic amines is 1. The fraction of sp³-hybridized carbons (Fsp3) is 0.143. The van der Waals surface area contributed by atoms with E-state index in [1.807, 2.05) is 6.07 Å². The lowest BCUT2D eigenvalue weighted by Crippen LogP contribution is -1.96. The Kier molecular flexibility index (Phi) is 4.76. The van der Waals surface area contributed by atoms with Gasteiger partial charge in [-0.25, -0.2) is 14.1 Å². The lowest BCUT2D eigenvalue weighted by atomic mass is 9.97. The third-order valence-corrected chi connectivity index (χ3v) is 5.19. The summed E-state index contributed by atoms with van der Waals surface area (Å²) in [6.07, 6.45) is 5.22. The van der Waals surface area contributed by atoms with E-state index in [9.17, 15) is 4.39 Å². The van der Waals surface area contributed by atoms with Crippen LogP contribution in [0.3, 0.4) is 0 Å². The number of methoxy groups -OCH3 is 2. The molecule has 0 aliphatic heterocycles. The number of hydrogen-bond acceptors (Lipinski definition) is 4. The average molecular weight is 413 g/mol. The topological polar surface area (TPSA) is 65.0 Å². The maximum Gasteiger partial charge on any atom is 0.219 e. The molecule has 0 unspecified atom stereocenters. The summed E-state index contributed by atoms with van der Waals surface area (Å²) in [7, 11) is 4.90. The molecule has 3 aromatic heterocycles. The number of pyridine rings is 1. The van der Waals surface area contributed by atoms with E-state index in [4.69, 9.17) is 21.1 Å². The van der Waals surface area contributed by atoms with Crippen molar-refractivity contribution in [3.05, 3.63) is 65.3 Å². The summed E-state index contributed by atoms with van der Waals surface area (Å²) < 4.78 is 26.6. The number of aryl methyl sites for hydroxylation is 1. The van der Waals surface area contributed by atoms with Gasteiger partial charge in [0.1, 0.15) is 17.2 Å². The lowest BCUT2D eigenvalue weighted by molar-refractivity contribution is 0.375. The van der Waals surface area contributed by atoms with E-state index in [-0.39, 0.29) is 5.02 Å². The zero-order chi connectivity index (χ0) is 20.7. The average Bonchev–Trinajstić information content (AvgIpc) is 3.31. The molecule has 8 heteroatoms. The van der Waals surface area contributed by atoms with Crippen LogP contribution in [0.1, 0.15) is 11.1 Å². The number of ether oxygens (including phenoxy) is 2. The molecule has 4 aromatic rings. The highest BCUT2D eigenvalue weighted by molar-refractivity contribution is 6.33. The van der Waals surface area contributed by atoms with E-state index in [0.29, 0.717) is 28.4 Å². The fourth-order valence-electron chi connectivity index (χ4n) is 3.39. The van der Waals surface area contributed by atoms with Gasteiger partial charge in [0.15, 0.2) is 0 Å². The van der Waals surface area contributed by atoms with Gasteiger partial charge in [0.25, 0.3) is 0 Å². The molecule has 0 fully saturated rings. The Balaban J connectivity index is 1.88. The number of fused-ring (bicyclic) bond motifs is 1. The summed E-state index contributed by atoms with van der Waals surface area (Å²) in [5.74, 6) is 0.521. The molecule has 29 heavy (non-hydrogen) atoms. The smallest absolute Gasteiger partial charge is 0.219 e. The molecule has 4 rings (SSSR count). The summed E-state index contributed by atoms with van der Waals surface area (Å²) in [5, 5.41) is 5.01. The minimum atomic E-state index is -0.539. The van der Waals surface area contributed by atoms with Gasteiger partial charge in [-0.3, -0.25) is 0 Å². The number of nitrogens with zero attached hydrogens (tertiary/aromatic N) is 3. The molecule has 0 saturated carbocycles. The van der Waals surface area contributed by atoms with Crippen LogP contribution in [-0.4, -0.2) is 34.0 Å². The number of benzene rings is 1. The maximum absolute atomic E-state index is 14.1. The van der Waals surface area contributed by atoms with Crippen molar-refractivity contribution >= 4 is 28.2 Å². The normalized spacial score (nSPS) is 11.1. The SMILES string of the molecule is C=C(c1c(OC)ccc(F)c1Cl)c1c[nH]c2ncc(-c3cnn(C)c3OC)cc12. The molecule has 3 heterocycles. The molecule has 6 nitrogen and oxygen atoms in total. The van der Waals surface area contributed by atoms with Crippen LogP contribution in [0.25, 0.3) is 27.7 Å². The van der Waals surface area contributed by atoms with Crippen LogP contribution in [0.15, 0.2) is 43.4 Å². The van der Waals surface area contributed by atoms with Crippen LogP contribution in [0.2, 0.25) is 5.02 Å². The van der Waals surface area contributed by atoms with Crippen LogP contribution in [0.4, 0.5) is 4.39 Å². The van der Waals surface area contributed by atoms with Gasteiger partial charge >= 0.3 is 0 Å². The van der Waals surface area contributed by atoms with E-state index < -0.39 is 5.82 Å². The zero-order valence-electron chi connectivity index (χ0n) is 16.1. The molecular weight excluding hydrogens is 395 g/mol. The second-order valence-corrected chi connectivity index (χ2v) is 6.81. The van der Waals surface area contributed by atoms with Crippen molar-refractivity contribution in [3.8, 4) is 22.8 Å². The molecule has 0 amide bonds. The Bertz CT molecular complexity index is 1250. The number of hydrogen-bond donors (Lipinski definition) is 1. The lowest BCUT2D eigenvalue weighted by Gasteiger charge is -2.13. The van der Waals surface area contributed by atoms with Crippen molar-refractivity contribution in [1.29, 1.82) is 0 Å². The second-order valence-electron chi connectivity index (χ2n) is 6.43. The number of H-pyrrole nitrogens is 1. The third-order valence-electron chi connectivity index (χ3n) is 4.82. The summed E-state index contributed by atoms with van der Waals surface area (Å²) in [6.45, 7) is 4.15. The van der Waals surface area contributed by atoms with Crippen LogP contribution < -0.4 is 9.47 Å². The number of nitrogens with one attached hydrogen (secondary N) is 1. The molecule has 0 aliphatic rings. The highest BCUT2D eigenvalue weighted by atomic mass is 35.5. The summed E-state index contributed by atoms with van der Waals surface area (Å²) in [4.78, 5) is 7.62. The Morgan fingerprint density at radius 1 is 1.24 bits per heavy atom. The Morgan fingerprint density at radius 2 is 2.03 bits per heavy atom. The predicted octanol–water partition coefficient (Wildman–Crippen LogP) is 4.83. The highest BCUT2D eigenvalue weighted by Crippen LogP contribution is 2.40. The third kappa shape index (κ3) is 3.03. The minimum absolute atomic E-state index is 0.0401. The standard InChI is InChI=1S/C21H18ClFN4O2/c1-11(18-17(28-3)6-5-16(23)19(18)22)14-9-25-20-13(14)7-12(8-24-20)15-10-26-27(2)21(15)29-4/h5-10H,1H2,2-4H3,(H,24,25). The van der Waals surface area contributed by atoms with Gasteiger partial charge in [0, 0.05) is 41.5 Å². The Morgan fingerprint density at radius 3 is 2.76 bits per heavy atom. The molecule has 1 aromatic carbocycles. The van der Waals surface area contributed by atoms with Crippen molar-refractivity contribution in [2.45, 2.75) is 0 Å². The van der Waals surface area contributed by atoms with Crippen molar-refractivity contribution in [1.82, 2.24) is 19.7 Å². The molecule has 0 atom stereocenters. The van der Waals surface area contributed by atoms with Gasteiger partial charge < -0.3 is 14.5 Å². The largest absolute Gasteiger partial charge is 0.496 e. The van der Waals surface area contributed by atoms with Crippen LogP contribution in [-0.2, 0) is 7.05 Å². The predicted molar refractivity (Wildman–Crippen MR) is 111 cm³/mol. The van der Waals surface area contributed by atoms with E-state index in [1.54, 1.807) is 37.4 Å². The van der Waals surface area contributed by atoms with Gasteiger partial charge in [0.2, 0.25) is 5.88 Å². The van der Waals surface area contributed by atoms with Crippen LogP contribution >= 0.6 is 11.6 Å². The monoisotopic (exact) mass is 412 g/mol. The van der Waals surface area contributed by atoms with Crippen molar-refractivity contribution in [2.75, 3.05) is 14.2 Å². The minimum Gasteiger partial charge on any atom is -0.496 e. The fourth-order valence-corrected chi connectivity index (χ4v) is 3.66. The quantitative estimate of drug-likeness (QED) is 0.509. The summed E-state index contributed by atoms with van der Waals surface area (Å²) in [5.41, 5.74) is 3.97. The van der Waals surface area contributed by atoms with E-state index in [0.717, 1.165) is 22.1 Å². The molecule has 148 valence electrons. The molecule has 0 saturated heterocycles. The van der Waals surface area contributed by atoms with E-state index in [1.165, 1.54) is 19.2 Å². The first-order valence-corrected chi connectivity index (χ1v) is 9.09. The molecule has 0 radical (unpaired) electrons. The number of aromatic nitrogens is 4. The number of halogens is 2. The van der Waals surface area contributed by atoms with Gasteiger partial charge in [-0.05, 0) is 23.8 Å². The molecule has 0 aliphatic carbocycles. The second kappa shape index (κ2) is 7.25. The first-order valence-electron chi connectivity index (χ1n) is 8.71. The van der Waals surface area contributed by atoms with Crippen molar-refractivity contribution < 1.29 is 13.9 Å². The Hall–Kier alpha value is -3.32. The maximum atomic E-state index is 14.1. The molecule has 0 bridgehead atoms. The zero-order valence-corrected chi connectivity index (χ0v) is 16.8. The van der Waals surface area contributed by atoms with Gasteiger partial charge in [-0.1, -0.05) is 18.2 Å². The highest BCUT2D eigenvalue weighted by Gasteiger charge is 2.20. The van der Waals surface area contributed by atoms with Crippen molar-refractivity contribution in [3.63, 3.8) is 0 Å². The Labute approximate surface area is 171 Å². The van der Waals surface area contributed by atoms with Crippen LogP contribution in [0, 0.1) is 5.82 Å². The molecule has 0 spiro atoms. The first kappa shape index (κ1) is 19.0.